The number of hydroxylamine groups is 2. The second-order valence-corrected chi connectivity index (χ2v) is 8.89. The maximum atomic E-state index is 8.86. The van der Waals surface area contributed by atoms with Crippen LogP contribution in [0.15, 0.2) is 0 Å². The number of aliphatic hydroxyl groups is 2. The minimum Gasteiger partial charge on any atom is -0.396 e. The van der Waals surface area contributed by atoms with Crippen molar-refractivity contribution in [1.29, 1.82) is 0 Å². The summed E-state index contributed by atoms with van der Waals surface area (Å²) in [6.07, 6.45) is 26.0. The maximum absolute atomic E-state index is 8.86. The average molecular weight is 446 g/mol. The Bertz CT molecular complexity index is 308. The average Bonchev–Trinajstić information content (AvgIpc) is 2.78. The zero-order chi connectivity index (χ0) is 22.7. The molecule has 0 saturated heterocycles. The number of unbranched alkanes of at least 4 members (excludes halogenated alkanes) is 17. The molecule has 0 aliphatic heterocycles. The Labute approximate surface area is 193 Å². The minimum absolute atomic E-state index is 0.129. The van der Waals surface area contributed by atoms with Crippen LogP contribution in [0.25, 0.3) is 0 Å². The monoisotopic (exact) mass is 445 g/mol. The molecule has 5 nitrogen and oxygen atoms in total. The second kappa shape index (κ2) is 27.8. The standard InChI is InChI=1S/C26H55NO4/c1-2-3-4-5-6-7-8-9-10-11-12-13-14-15-16-17-18-19-22-27(30-25-20-23-28)31-26-21-24-29/h28-29H,2-26H2,1H3. The fourth-order valence-corrected chi connectivity index (χ4v) is 3.77. The first-order valence-corrected chi connectivity index (χ1v) is 13.6. The summed E-state index contributed by atoms with van der Waals surface area (Å²) in [4.78, 5) is 11.1. The number of aliphatic hydroxyl groups excluding tert-OH is 2. The summed E-state index contributed by atoms with van der Waals surface area (Å²) in [5.41, 5.74) is 0. The van der Waals surface area contributed by atoms with Crippen molar-refractivity contribution in [3.63, 3.8) is 0 Å². The number of hydrogen-bond acceptors (Lipinski definition) is 5. The molecular weight excluding hydrogens is 390 g/mol. The fourth-order valence-electron chi connectivity index (χ4n) is 3.77. The highest BCUT2D eigenvalue weighted by Crippen LogP contribution is 2.14. The van der Waals surface area contributed by atoms with E-state index >= 15 is 0 Å². The Kier molecular flexibility index (Phi) is 27.7. The van der Waals surface area contributed by atoms with E-state index in [4.69, 9.17) is 19.9 Å². The first-order valence-electron chi connectivity index (χ1n) is 13.6. The number of rotatable bonds is 27. The Morgan fingerprint density at radius 1 is 0.452 bits per heavy atom. The molecule has 0 bridgehead atoms. The Balaban J connectivity index is 3.32. The highest BCUT2D eigenvalue weighted by molar-refractivity contribution is 4.51. The van der Waals surface area contributed by atoms with Gasteiger partial charge < -0.3 is 10.2 Å². The zero-order valence-corrected chi connectivity index (χ0v) is 20.8. The van der Waals surface area contributed by atoms with Crippen molar-refractivity contribution in [2.45, 2.75) is 135 Å². The van der Waals surface area contributed by atoms with Gasteiger partial charge >= 0.3 is 0 Å². The molecule has 0 aromatic carbocycles. The largest absolute Gasteiger partial charge is 0.396 e. The van der Waals surface area contributed by atoms with Gasteiger partial charge in [0.2, 0.25) is 0 Å². The molecule has 0 atom stereocenters. The predicted octanol–water partition coefficient (Wildman–Crippen LogP) is 6.96. The third-order valence-corrected chi connectivity index (χ3v) is 5.77. The van der Waals surface area contributed by atoms with E-state index in [1.165, 1.54) is 114 Å². The normalized spacial score (nSPS) is 11.6. The Morgan fingerprint density at radius 3 is 1.10 bits per heavy atom. The van der Waals surface area contributed by atoms with Gasteiger partial charge in [0.1, 0.15) is 0 Å². The summed E-state index contributed by atoms with van der Waals surface area (Å²) >= 11 is 0. The van der Waals surface area contributed by atoms with E-state index in [1.54, 1.807) is 0 Å². The molecule has 0 unspecified atom stereocenters. The van der Waals surface area contributed by atoms with Gasteiger partial charge in [-0.2, -0.15) is 0 Å². The van der Waals surface area contributed by atoms with Crippen molar-refractivity contribution in [2.75, 3.05) is 33.0 Å². The summed E-state index contributed by atoms with van der Waals surface area (Å²) in [7, 11) is 0. The number of nitrogens with zero attached hydrogens (tertiary/aromatic N) is 1. The van der Waals surface area contributed by atoms with Gasteiger partial charge in [0.15, 0.2) is 0 Å². The van der Waals surface area contributed by atoms with Crippen LogP contribution < -0.4 is 0 Å². The lowest BCUT2D eigenvalue weighted by Crippen LogP contribution is -2.27. The number of hydrogen-bond donors (Lipinski definition) is 2. The van der Waals surface area contributed by atoms with Crippen LogP contribution in [0.4, 0.5) is 0 Å². The van der Waals surface area contributed by atoms with E-state index in [1.807, 2.05) is 0 Å². The first kappa shape index (κ1) is 30.8. The smallest absolute Gasteiger partial charge is 0.0733 e. The van der Waals surface area contributed by atoms with Crippen LogP contribution in [0.1, 0.15) is 135 Å². The second-order valence-electron chi connectivity index (χ2n) is 8.89. The molecule has 5 heteroatoms. The molecule has 0 aromatic rings. The molecule has 0 saturated carbocycles. The van der Waals surface area contributed by atoms with Gasteiger partial charge in [0.05, 0.1) is 19.8 Å². The third kappa shape index (κ3) is 25.9. The molecule has 31 heavy (non-hydrogen) atoms. The van der Waals surface area contributed by atoms with Gasteiger partial charge in [-0.25, -0.2) is 0 Å². The fraction of sp³-hybridized carbons (Fsp3) is 1.00. The third-order valence-electron chi connectivity index (χ3n) is 5.77. The van der Waals surface area contributed by atoms with Crippen LogP contribution in [0, 0.1) is 0 Å². The van der Waals surface area contributed by atoms with E-state index < -0.39 is 0 Å². The molecule has 2 N–H and O–H groups in total. The van der Waals surface area contributed by atoms with Gasteiger partial charge in [-0.1, -0.05) is 121 Å². The van der Waals surface area contributed by atoms with Crippen molar-refractivity contribution >= 4 is 0 Å². The molecule has 0 fully saturated rings. The lowest BCUT2D eigenvalue weighted by molar-refractivity contribution is -0.369. The lowest BCUT2D eigenvalue weighted by Gasteiger charge is -2.20. The van der Waals surface area contributed by atoms with Crippen LogP contribution in [-0.4, -0.2) is 48.4 Å². The summed E-state index contributed by atoms with van der Waals surface area (Å²) in [5.74, 6) is 0. The zero-order valence-electron chi connectivity index (χ0n) is 20.8. The summed E-state index contributed by atoms with van der Waals surface area (Å²) in [6.45, 7) is 4.22. The van der Waals surface area contributed by atoms with Crippen molar-refractivity contribution in [3.8, 4) is 0 Å². The van der Waals surface area contributed by atoms with E-state index in [2.05, 4.69) is 6.92 Å². The van der Waals surface area contributed by atoms with Crippen molar-refractivity contribution in [2.24, 2.45) is 0 Å². The minimum atomic E-state index is 0.129. The van der Waals surface area contributed by atoms with E-state index in [0.717, 1.165) is 13.0 Å². The van der Waals surface area contributed by atoms with Gasteiger partial charge in [-0.05, 0) is 19.3 Å². The van der Waals surface area contributed by atoms with E-state index in [0.29, 0.717) is 26.1 Å². The molecule has 0 radical (unpaired) electrons. The topological polar surface area (TPSA) is 62.2 Å². The summed E-state index contributed by atoms with van der Waals surface area (Å²) < 4.78 is 0. The molecule has 188 valence electrons. The molecule has 0 aromatic heterocycles. The maximum Gasteiger partial charge on any atom is 0.0733 e. The molecule has 0 aliphatic carbocycles. The Hall–Kier alpha value is -0.200. The van der Waals surface area contributed by atoms with E-state index in [-0.39, 0.29) is 13.2 Å². The van der Waals surface area contributed by atoms with Crippen molar-refractivity contribution < 1.29 is 19.9 Å². The molecular formula is C26H55NO4. The summed E-state index contributed by atoms with van der Waals surface area (Å²) in [6, 6.07) is 0. The predicted molar refractivity (Wildman–Crippen MR) is 131 cm³/mol. The first-order chi connectivity index (χ1) is 15.3. The van der Waals surface area contributed by atoms with Gasteiger partial charge in [0.25, 0.3) is 0 Å². The molecule has 0 amide bonds. The Morgan fingerprint density at radius 2 is 0.774 bits per heavy atom. The van der Waals surface area contributed by atoms with Gasteiger partial charge in [-0.15, -0.1) is 0 Å². The van der Waals surface area contributed by atoms with E-state index in [9.17, 15) is 0 Å². The highest BCUT2D eigenvalue weighted by atomic mass is 16.9. The molecule has 0 spiro atoms. The van der Waals surface area contributed by atoms with Crippen LogP contribution in [-0.2, 0) is 9.68 Å². The van der Waals surface area contributed by atoms with Crippen molar-refractivity contribution in [3.05, 3.63) is 0 Å². The lowest BCUT2D eigenvalue weighted by atomic mass is 10.0. The quantitative estimate of drug-likeness (QED) is 0.106. The summed E-state index contributed by atoms with van der Waals surface area (Å²) in [5, 5.41) is 19.3. The molecule has 0 heterocycles. The highest BCUT2D eigenvalue weighted by Gasteiger charge is 2.06. The van der Waals surface area contributed by atoms with Crippen LogP contribution in [0.3, 0.4) is 0 Å². The molecule has 0 aliphatic rings. The van der Waals surface area contributed by atoms with Crippen molar-refractivity contribution in [1.82, 2.24) is 5.23 Å². The van der Waals surface area contributed by atoms with Gasteiger partial charge in [0, 0.05) is 13.2 Å². The SMILES string of the molecule is CCCCCCCCCCCCCCCCCCCCN(OCCCO)OCCCO. The van der Waals surface area contributed by atoms with Crippen LogP contribution in [0.5, 0.6) is 0 Å². The van der Waals surface area contributed by atoms with Crippen LogP contribution in [0.2, 0.25) is 0 Å². The van der Waals surface area contributed by atoms with Crippen LogP contribution >= 0.6 is 0 Å². The van der Waals surface area contributed by atoms with Gasteiger partial charge in [-0.3, -0.25) is 9.68 Å². The molecule has 0 rings (SSSR count).